The molecule has 0 spiro atoms. The Morgan fingerprint density at radius 3 is 2.08 bits per heavy atom. The highest BCUT2D eigenvalue weighted by Gasteiger charge is 2.23. The van der Waals surface area contributed by atoms with Gasteiger partial charge < -0.3 is 4.74 Å². The van der Waals surface area contributed by atoms with E-state index in [0.29, 0.717) is 12.4 Å². The van der Waals surface area contributed by atoms with Gasteiger partial charge in [0, 0.05) is 0 Å². The second kappa shape index (κ2) is 5.81. The van der Waals surface area contributed by atoms with Crippen LogP contribution in [0, 0.1) is 11.3 Å². The summed E-state index contributed by atoms with van der Waals surface area (Å²) < 4.78 is 28.4. The fraction of sp³-hybridized carbons (Fsp3) is 1.00. The first-order valence-corrected chi connectivity index (χ1v) is 4.98. The lowest BCUT2D eigenvalue weighted by atomic mass is 9.82. The standard InChI is InChI=1S/C9H18F2OS/c1-9(2,3)7(6-13)4-12-5-8(10)11/h7-8,13H,4-6H2,1-3H3. The van der Waals surface area contributed by atoms with Gasteiger partial charge >= 0.3 is 0 Å². The highest BCUT2D eigenvalue weighted by molar-refractivity contribution is 7.80. The molecule has 0 aliphatic heterocycles. The Bertz CT molecular complexity index is 134. The molecule has 0 N–H and O–H groups in total. The molecular formula is C9H18F2OS. The number of ether oxygens (including phenoxy) is 1. The van der Waals surface area contributed by atoms with Crippen molar-refractivity contribution in [1.29, 1.82) is 0 Å². The molecule has 0 rings (SSSR count). The van der Waals surface area contributed by atoms with Crippen molar-refractivity contribution < 1.29 is 13.5 Å². The summed E-state index contributed by atoms with van der Waals surface area (Å²) in [4.78, 5) is 0. The molecule has 0 aromatic rings. The molecule has 1 unspecified atom stereocenters. The molecule has 0 radical (unpaired) electrons. The molecule has 0 heterocycles. The van der Waals surface area contributed by atoms with Crippen molar-refractivity contribution in [1.82, 2.24) is 0 Å². The van der Waals surface area contributed by atoms with E-state index in [-0.39, 0.29) is 11.3 Å². The molecule has 0 saturated carbocycles. The number of hydrogen-bond donors (Lipinski definition) is 1. The summed E-state index contributed by atoms with van der Waals surface area (Å²) in [6.45, 7) is 6.05. The highest BCUT2D eigenvalue weighted by Crippen LogP contribution is 2.27. The van der Waals surface area contributed by atoms with Crippen molar-refractivity contribution in [3.63, 3.8) is 0 Å². The fourth-order valence-electron chi connectivity index (χ4n) is 0.876. The summed E-state index contributed by atoms with van der Waals surface area (Å²) in [5.74, 6) is 0.877. The number of rotatable bonds is 5. The minimum Gasteiger partial charge on any atom is -0.375 e. The maximum atomic E-state index is 11.7. The zero-order valence-corrected chi connectivity index (χ0v) is 9.28. The molecule has 4 heteroatoms. The second-order valence-electron chi connectivity index (χ2n) is 4.17. The van der Waals surface area contributed by atoms with Gasteiger partial charge in [0.2, 0.25) is 0 Å². The van der Waals surface area contributed by atoms with Gasteiger partial charge in [-0.2, -0.15) is 12.6 Å². The van der Waals surface area contributed by atoms with Gasteiger partial charge in [-0.05, 0) is 17.1 Å². The van der Waals surface area contributed by atoms with Crippen LogP contribution < -0.4 is 0 Å². The average molecular weight is 212 g/mol. The Morgan fingerprint density at radius 2 is 1.77 bits per heavy atom. The van der Waals surface area contributed by atoms with E-state index < -0.39 is 13.0 Å². The molecule has 80 valence electrons. The molecule has 0 saturated heterocycles. The maximum Gasteiger partial charge on any atom is 0.261 e. The predicted octanol–water partition coefficient (Wildman–Crippen LogP) is 2.86. The molecule has 1 atom stereocenters. The minimum atomic E-state index is -2.37. The number of alkyl halides is 2. The van der Waals surface area contributed by atoms with Gasteiger partial charge in [0.15, 0.2) is 0 Å². The Kier molecular flexibility index (Phi) is 5.88. The Labute approximate surface area is 84.3 Å². The number of halogens is 2. The first-order valence-electron chi connectivity index (χ1n) is 4.34. The van der Waals surface area contributed by atoms with Crippen molar-refractivity contribution in [3.8, 4) is 0 Å². The van der Waals surface area contributed by atoms with Crippen LogP contribution in [0.25, 0.3) is 0 Å². The third-order valence-corrected chi connectivity index (χ3v) is 2.45. The largest absolute Gasteiger partial charge is 0.375 e. The van der Waals surface area contributed by atoms with E-state index in [1.807, 2.05) is 0 Å². The molecule has 0 aromatic heterocycles. The summed E-state index contributed by atoms with van der Waals surface area (Å²) in [5.41, 5.74) is 0.0594. The van der Waals surface area contributed by atoms with Crippen LogP contribution in [0.3, 0.4) is 0 Å². The fourth-order valence-corrected chi connectivity index (χ4v) is 1.53. The van der Waals surface area contributed by atoms with Gasteiger partial charge in [-0.3, -0.25) is 0 Å². The van der Waals surface area contributed by atoms with Crippen molar-refractivity contribution in [2.75, 3.05) is 19.0 Å². The first kappa shape index (κ1) is 13.2. The first-order chi connectivity index (χ1) is 5.88. The van der Waals surface area contributed by atoms with Crippen LogP contribution in [0.5, 0.6) is 0 Å². The van der Waals surface area contributed by atoms with Crippen LogP contribution in [0.4, 0.5) is 8.78 Å². The quantitative estimate of drug-likeness (QED) is 0.689. The average Bonchev–Trinajstić information content (AvgIpc) is 1.95. The molecular weight excluding hydrogens is 194 g/mol. The molecule has 13 heavy (non-hydrogen) atoms. The van der Waals surface area contributed by atoms with Crippen molar-refractivity contribution in [2.24, 2.45) is 11.3 Å². The molecule has 1 nitrogen and oxygen atoms in total. The summed E-state index contributed by atoms with van der Waals surface area (Å²) in [7, 11) is 0. The molecule has 0 aliphatic carbocycles. The Hall–Kier alpha value is 0.170. The SMILES string of the molecule is CC(C)(C)C(CS)COCC(F)F. The van der Waals surface area contributed by atoms with Crippen LogP contribution in [0.1, 0.15) is 20.8 Å². The van der Waals surface area contributed by atoms with E-state index in [2.05, 4.69) is 33.4 Å². The van der Waals surface area contributed by atoms with Gasteiger partial charge in [-0.15, -0.1) is 0 Å². The van der Waals surface area contributed by atoms with E-state index in [9.17, 15) is 8.78 Å². The van der Waals surface area contributed by atoms with Crippen LogP contribution in [0.15, 0.2) is 0 Å². The molecule has 0 aromatic carbocycles. The summed E-state index contributed by atoms with van der Waals surface area (Å²) in [6, 6.07) is 0. The predicted molar refractivity (Wildman–Crippen MR) is 53.6 cm³/mol. The zero-order chi connectivity index (χ0) is 10.5. The molecule has 0 aliphatic rings. The summed E-state index contributed by atoms with van der Waals surface area (Å²) >= 11 is 4.17. The van der Waals surface area contributed by atoms with E-state index in [1.54, 1.807) is 0 Å². The van der Waals surface area contributed by atoms with Crippen molar-refractivity contribution in [2.45, 2.75) is 27.2 Å². The maximum absolute atomic E-state index is 11.7. The molecule has 0 amide bonds. The topological polar surface area (TPSA) is 9.23 Å². The summed E-state index contributed by atoms with van der Waals surface area (Å²) in [6.07, 6.45) is -2.37. The van der Waals surface area contributed by atoms with Gasteiger partial charge in [0.05, 0.1) is 6.61 Å². The van der Waals surface area contributed by atoms with Gasteiger partial charge in [0.25, 0.3) is 6.43 Å². The van der Waals surface area contributed by atoms with Crippen LogP contribution in [0.2, 0.25) is 0 Å². The van der Waals surface area contributed by atoms with Gasteiger partial charge in [0.1, 0.15) is 6.61 Å². The zero-order valence-electron chi connectivity index (χ0n) is 8.39. The molecule has 0 bridgehead atoms. The highest BCUT2D eigenvalue weighted by atomic mass is 32.1. The van der Waals surface area contributed by atoms with Crippen LogP contribution >= 0.6 is 12.6 Å². The van der Waals surface area contributed by atoms with Crippen LogP contribution in [-0.2, 0) is 4.74 Å². The van der Waals surface area contributed by atoms with Crippen LogP contribution in [-0.4, -0.2) is 25.4 Å². The Morgan fingerprint density at radius 1 is 1.23 bits per heavy atom. The molecule has 0 fully saturated rings. The van der Waals surface area contributed by atoms with Gasteiger partial charge in [-0.1, -0.05) is 20.8 Å². The lowest BCUT2D eigenvalue weighted by Gasteiger charge is -2.29. The third-order valence-electron chi connectivity index (χ3n) is 2.01. The third kappa shape index (κ3) is 6.27. The second-order valence-corrected chi connectivity index (χ2v) is 4.54. The monoisotopic (exact) mass is 212 g/mol. The van der Waals surface area contributed by atoms with Crippen molar-refractivity contribution in [3.05, 3.63) is 0 Å². The minimum absolute atomic E-state index is 0.0594. The lowest BCUT2D eigenvalue weighted by molar-refractivity contribution is -0.00789. The van der Waals surface area contributed by atoms with Gasteiger partial charge in [-0.25, -0.2) is 8.78 Å². The lowest BCUT2D eigenvalue weighted by Crippen LogP contribution is -2.27. The van der Waals surface area contributed by atoms with Crippen molar-refractivity contribution >= 4 is 12.6 Å². The van der Waals surface area contributed by atoms with E-state index in [4.69, 9.17) is 4.74 Å². The number of thiol groups is 1. The Balaban J connectivity index is 3.73. The van der Waals surface area contributed by atoms with E-state index in [0.717, 1.165) is 0 Å². The van der Waals surface area contributed by atoms with E-state index in [1.165, 1.54) is 0 Å². The van der Waals surface area contributed by atoms with E-state index >= 15 is 0 Å². The smallest absolute Gasteiger partial charge is 0.261 e. The number of hydrogen-bond acceptors (Lipinski definition) is 2. The summed E-state index contributed by atoms with van der Waals surface area (Å²) in [5, 5.41) is 0. The normalized spacial score (nSPS) is 15.0.